The van der Waals surface area contributed by atoms with Crippen LogP contribution in [-0.2, 0) is 26.1 Å². The first-order chi connectivity index (χ1) is 14.0. The van der Waals surface area contributed by atoms with Crippen LogP contribution < -0.4 is 0 Å². The Balaban J connectivity index is 1.55. The van der Waals surface area contributed by atoms with Crippen LogP contribution in [0.25, 0.3) is 0 Å². The van der Waals surface area contributed by atoms with Gasteiger partial charge in [0.2, 0.25) is 0 Å². The summed E-state index contributed by atoms with van der Waals surface area (Å²) in [5.41, 5.74) is 4.82. The maximum atomic E-state index is 13.4. The molecule has 11 heteroatoms. The van der Waals surface area contributed by atoms with Crippen LogP contribution in [-0.4, -0.2) is 42.5 Å². The number of aliphatic hydroxyl groups is 1. The maximum absolute atomic E-state index is 13.4. The third-order valence-electron chi connectivity index (χ3n) is 4.99. The van der Waals surface area contributed by atoms with E-state index in [4.69, 9.17) is 11.6 Å². The van der Waals surface area contributed by atoms with E-state index in [1.54, 1.807) is 17.1 Å². The second-order valence-corrected chi connectivity index (χ2v) is 9.09. The van der Waals surface area contributed by atoms with Gasteiger partial charge in [-0.3, -0.25) is 0 Å². The Bertz CT molecular complexity index is 1030. The highest BCUT2D eigenvalue weighted by Gasteiger charge is 2.27. The summed E-state index contributed by atoms with van der Waals surface area (Å²) in [5.74, 6) is -0.364. The molecular weight excluding hydrogens is 529 g/mol. The summed E-state index contributed by atoms with van der Waals surface area (Å²) >= 11 is 8.78. The summed E-state index contributed by atoms with van der Waals surface area (Å²) in [6, 6.07) is 4.42. The molecule has 2 aliphatic rings. The molecule has 152 valence electrons. The maximum Gasteiger partial charge on any atom is 0.123 e. The molecule has 0 radical (unpaired) electrons. The number of nitrogens with zero attached hydrogens (tertiary/aromatic N) is 6. The van der Waals surface area contributed by atoms with Gasteiger partial charge in [-0.1, -0.05) is 29.5 Å². The third kappa shape index (κ3) is 4.05. The zero-order valence-electron chi connectivity index (χ0n) is 15.3. The minimum atomic E-state index is -0.364. The van der Waals surface area contributed by atoms with Gasteiger partial charge < -0.3 is 10.0 Å². The summed E-state index contributed by atoms with van der Waals surface area (Å²) in [6.07, 6.45) is 2.94. The van der Waals surface area contributed by atoms with Gasteiger partial charge in [0.05, 0.1) is 54.4 Å². The van der Waals surface area contributed by atoms with Gasteiger partial charge in [-0.2, -0.15) is 5.10 Å². The molecule has 0 saturated heterocycles. The molecule has 2 aliphatic heterocycles. The number of aliphatic hydroxyl groups excluding tert-OH is 1. The van der Waals surface area contributed by atoms with Gasteiger partial charge in [0.25, 0.3) is 0 Å². The largest absolute Gasteiger partial charge is 0.392 e. The monoisotopic (exact) mass is 546 g/mol. The van der Waals surface area contributed by atoms with E-state index in [0.717, 1.165) is 35.6 Å². The molecule has 0 saturated carbocycles. The van der Waals surface area contributed by atoms with Gasteiger partial charge in [0.1, 0.15) is 11.5 Å². The second-order valence-electron chi connectivity index (χ2n) is 6.67. The van der Waals surface area contributed by atoms with Crippen LogP contribution in [0.3, 0.4) is 0 Å². The van der Waals surface area contributed by atoms with E-state index in [9.17, 15) is 9.50 Å². The normalized spacial score (nSPS) is 17.0. The van der Waals surface area contributed by atoms with E-state index in [-0.39, 0.29) is 12.4 Å². The molecule has 0 amide bonds. The van der Waals surface area contributed by atoms with Gasteiger partial charge >= 0.3 is 0 Å². The molecule has 0 spiro atoms. The van der Waals surface area contributed by atoms with E-state index < -0.39 is 0 Å². The van der Waals surface area contributed by atoms with Crippen molar-refractivity contribution in [3.8, 4) is 0 Å². The van der Waals surface area contributed by atoms with Crippen molar-refractivity contribution in [1.29, 1.82) is 0 Å². The molecule has 1 unspecified atom stereocenters. The Kier molecular flexibility index (Phi) is 6.19. The summed E-state index contributed by atoms with van der Waals surface area (Å²) in [4.78, 5) is 2.13. The zero-order chi connectivity index (χ0) is 20.5. The molecule has 3 heterocycles. The fourth-order valence-electron chi connectivity index (χ4n) is 3.43. The number of allylic oxidation sites excluding steroid dienone is 2. The van der Waals surface area contributed by atoms with Crippen molar-refractivity contribution >= 4 is 46.2 Å². The molecule has 0 fully saturated rings. The van der Waals surface area contributed by atoms with E-state index >= 15 is 0 Å². The van der Waals surface area contributed by atoms with Crippen molar-refractivity contribution in [2.24, 2.45) is 5.10 Å². The van der Waals surface area contributed by atoms with Gasteiger partial charge in [-0.25, -0.2) is 13.9 Å². The number of rotatable bonds is 5. The van der Waals surface area contributed by atoms with E-state index in [1.807, 2.05) is 4.68 Å². The van der Waals surface area contributed by atoms with Crippen LogP contribution in [0, 0.1) is 5.82 Å². The molecule has 7 nitrogen and oxygen atoms in total. The number of benzene rings is 1. The standard InChI is InChI=1S/C18H18ClFIN6OP/c1-11-18(19)17(7-22-27(11)29-21)25-5-4-16-15(9-25)23-24-26(16)8-12-2-3-14(20)6-13(12)10-28/h2-3,6-7,28-29H,1,4-5,8-10H2. The van der Waals surface area contributed by atoms with Gasteiger partial charge in [-0.15, -0.1) is 5.10 Å². The Morgan fingerprint density at radius 1 is 1.34 bits per heavy atom. The van der Waals surface area contributed by atoms with E-state index in [0.29, 0.717) is 35.8 Å². The molecule has 1 atom stereocenters. The average molecular weight is 547 g/mol. The first-order valence-electron chi connectivity index (χ1n) is 8.85. The van der Waals surface area contributed by atoms with Crippen LogP contribution in [0.2, 0.25) is 0 Å². The van der Waals surface area contributed by atoms with Gasteiger partial charge in [0, 0.05) is 13.0 Å². The second kappa shape index (κ2) is 8.67. The zero-order valence-corrected chi connectivity index (χ0v) is 19.2. The van der Waals surface area contributed by atoms with Gasteiger partial charge in [-0.05, 0) is 45.3 Å². The highest BCUT2D eigenvalue weighted by molar-refractivity contribution is 14.2. The number of aromatic nitrogens is 3. The molecule has 4 rings (SSSR count). The molecule has 0 aliphatic carbocycles. The summed E-state index contributed by atoms with van der Waals surface area (Å²) in [5, 5.41) is 23.1. The van der Waals surface area contributed by atoms with Gasteiger partial charge in [0.15, 0.2) is 0 Å². The molecule has 0 bridgehead atoms. The fourth-order valence-corrected chi connectivity index (χ4v) is 5.31. The van der Waals surface area contributed by atoms with Crippen molar-refractivity contribution in [2.75, 3.05) is 6.54 Å². The lowest BCUT2D eigenvalue weighted by Crippen LogP contribution is -2.33. The smallest absolute Gasteiger partial charge is 0.123 e. The quantitative estimate of drug-likeness (QED) is 0.459. The lowest BCUT2D eigenvalue weighted by molar-refractivity contribution is 0.279. The number of hydrogen-bond acceptors (Lipinski definition) is 6. The molecular formula is C18H18ClFIN6OP. The van der Waals surface area contributed by atoms with Crippen molar-refractivity contribution in [2.45, 2.75) is 26.1 Å². The minimum Gasteiger partial charge on any atom is -0.392 e. The van der Waals surface area contributed by atoms with Crippen LogP contribution >= 0.6 is 40.0 Å². The SMILES string of the molecule is C=C1C(Cl)=C(N2CCc3c(nnn3Cc3ccc(F)cc3CO)C2)C=NN1PI. The van der Waals surface area contributed by atoms with Crippen molar-refractivity contribution in [1.82, 2.24) is 24.7 Å². The topological polar surface area (TPSA) is 69.8 Å². The number of hydrogen-bond donors (Lipinski definition) is 1. The Morgan fingerprint density at radius 2 is 2.17 bits per heavy atom. The predicted octanol–water partition coefficient (Wildman–Crippen LogP) is 3.52. The highest BCUT2D eigenvalue weighted by Crippen LogP contribution is 2.39. The first kappa shape index (κ1) is 20.7. The number of fused-ring (bicyclic) bond motifs is 1. The molecule has 1 aromatic carbocycles. The Morgan fingerprint density at radius 3 is 2.93 bits per heavy atom. The number of hydrazone groups is 1. The molecule has 2 aromatic rings. The van der Waals surface area contributed by atoms with Crippen LogP contribution in [0.1, 0.15) is 22.5 Å². The summed E-state index contributed by atoms with van der Waals surface area (Å²) in [6.45, 7) is 5.56. The van der Waals surface area contributed by atoms with Crippen molar-refractivity contribution in [3.05, 3.63) is 69.5 Å². The fraction of sp³-hybridized carbons (Fsp3) is 0.278. The van der Waals surface area contributed by atoms with Crippen LogP contribution in [0.15, 0.2) is 46.3 Å². The number of halogens is 3. The van der Waals surface area contributed by atoms with E-state index in [1.165, 1.54) is 12.1 Å². The molecule has 1 aromatic heterocycles. The molecule has 29 heavy (non-hydrogen) atoms. The predicted molar refractivity (Wildman–Crippen MR) is 120 cm³/mol. The van der Waals surface area contributed by atoms with Crippen molar-refractivity contribution < 1.29 is 9.50 Å². The average Bonchev–Trinajstić information content (AvgIpc) is 3.13. The first-order valence-corrected chi connectivity index (χ1v) is 13.3. The lowest BCUT2D eigenvalue weighted by Gasteiger charge is -2.33. The van der Waals surface area contributed by atoms with Crippen LogP contribution in [0.5, 0.6) is 0 Å². The minimum absolute atomic E-state index is 0.220. The Hall–Kier alpha value is -1.55. The Labute approximate surface area is 187 Å². The third-order valence-corrected chi connectivity index (χ3v) is 7.31. The summed E-state index contributed by atoms with van der Waals surface area (Å²) < 4.78 is 17.0. The highest BCUT2D eigenvalue weighted by atomic mass is 127. The lowest BCUT2D eigenvalue weighted by atomic mass is 10.1. The van der Waals surface area contributed by atoms with Crippen molar-refractivity contribution in [3.63, 3.8) is 0 Å². The molecule has 1 N–H and O–H groups in total. The van der Waals surface area contributed by atoms with E-state index in [2.05, 4.69) is 48.9 Å². The van der Waals surface area contributed by atoms with Crippen LogP contribution in [0.4, 0.5) is 4.39 Å². The summed E-state index contributed by atoms with van der Waals surface area (Å²) in [7, 11) is 0.